The molecule has 1 saturated carbocycles. The van der Waals surface area contributed by atoms with Gasteiger partial charge in [0.2, 0.25) is 0 Å². The van der Waals surface area contributed by atoms with E-state index in [1.165, 1.54) is 7.11 Å². The number of nitriles is 1. The van der Waals surface area contributed by atoms with E-state index in [-0.39, 0.29) is 18.5 Å². The van der Waals surface area contributed by atoms with E-state index < -0.39 is 0 Å². The van der Waals surface area contributed by atoms with Crippen molar-refractivity contribution < 1.29 is 9.53 Å². The third kappa shape index (κ3) is 2.39. The summed E-state index contributed by atoms with van der Waals surface area (Å²) in [6, 6.07) is 9.37. The predicted molar refractivity (Wildman–Crippen MR) is 62.7 cm³/mol. The quantitative estimate of drug-likeness (QED) is 0.741. The third-order valence-electron chi connectivity index (χ3n) is 2.83. The summed E-state index contributed by atoms with van der Waals surface area (Å²) in [5.74, 6) is 0.438. The summed E-state index contributed by atoms with van der Waals surface area (Å²) in [6.45, 7) is 0.140. The number of amides is 1. The molecule has 1 fully saturated rings. The van der Waals surface area contributed by atoms with E-state index in [1.807, 2.05) is 12.1 Å². The van der Waals surface area contributed by atoms with E-state index in [0.717, 1.165) is 12.8 Å². The zero-order chi connectivity index (χ0) is 12.3. The maximum Gasteiger partial charge on any atom is 0.258 e. The van der Waals surface area contributed by atoms with Gasteiger partial charge < -0.3 is 9.64 Å². The molecule has 88 valence electrons. The number of hydrogen-bond donors (Lipinski definition) is 0. The van der Waals surface area contributed by atoms with E-state index in [1.54, 1.807) is 23.1 Å². The van der Waals surface area contributed by atoms with Gasteiger partial charge in [-0.3, -0.25) is 4.79 Å². The summed E-state index contributed by atoms with van der Waals surface area (Å²) in [4.78, 5) is 13.9. The van der Waals surface area contributed by atoms with Gasteiger partial charge in [0.15, 0.2) is 0 Å². The number of benzene rings is 1. The van der Waals surface area contributed by atoms with Crippen molar-refractivity contribution >= 4 is 5.91 Å². The minimum absolute atomic E-state index is 0.119. The van der Waals surface area contributed by atoms with Gasteiger partial charge in [-0.2, -0.15) is 5.26 Å². The molecule has 0 saturated heterocycles. The molecule has 1 aromatic carbocycles. The molecule has 0 aliphatic heterocycles. The second-order valence-electron chi connectivity index (χ2n) is 4.02. The number of methoxy groups -OCH3 is 1. The number of para-hydroxylation sites is 1. The van der Waals surface area contributed by atoms with Gasteiger partial charge in [-0.1, -0.05) is 12.1 Å². The van der Waals surface area contributed by atoms with Gasteiger partial charge >= 0.3 is 0 Å². The van der Waals surface area contributed by atoms with E-state index >= 15 is 0 Å². The Bertz CT molecular complexity index is 461. The van der Waals surface area contributed by atoms with Crippen LogP contribution in [0, 0.1) is 11.3 Å². The first-order valence-corrected chi connectivity index (χ1v) is 5.59. The monoisotopic (exact) mass is 230 g/mol. The largest absolute Gasteiger partial charge is 0.496 e. The van der Waals surface area contributed by atoms with Gasteiger partial charge in [-0.05, 0) is 25.0 Å². The molecule has 1 aliphatic rings. The summed E-state index contributed by atoms with van der Waals surface area (Å²) in [6.07, 6.45) is 1.98. The summed E-state index contributed by atoms with van der Waals surface area (Å²) in [5.41, 5.74) is 0.525. The Hall–Kier alpha value is -2.02. The summed E-state index contributed by atoms with van der Waals surface area (Å²) in [7, 11) is 1.54. The lowest BCUT2D eigenvalue weighted by molar-refractivity contribution is 0.0761. The average Bonchev–Trinajstić information content (AvgIpc) is 3.19. The molecule has 0 bridgehead atoms. The second-order valence-corrected chi connectivity index (χ2v) is 4.02. The fraction of sp³-hybridized carbons (Fsp3) is 0.385. The molecule has 0 spiro atoms. The molecule has 0 aromatic heterocycles. The van der Waals surface area contributed by atoms with Crippen molar-refractivity contribution in [2.75, 3.05) is 13.7 Å². The first kappa shape index (κ1) is 11.5. The lowest BCUT2D eigenvalue weighted by Crippen LogP contribution is -2.33. The SMILES string of the molecule is COc1ccccc1C(=O)N(CC#N)C1CC1. The highest BCUT2D eigenvalue weighted by Crippen LogP contribution is 2.29. The van der Waals surface area contributed by atoms with E-state index in [0.29, 0.717) is 11.3 Å². The van der Waals surface area contributed by atoms with Crippen LogP contribution in [0.15, 0.2) is 24.3 Å². The van der Waals surface area contributed by atoms with Crippen molar-refractivity contribution in [2.24, 2.45) is 0 Å². The fourth-order valence-corrected chi connectivity index (χ4v) is 1.81. The molecule has 1 amide bonds. The minimum atomic E-state index is -0.119. The van der Waals surface area contributed by atoms with Crippen LogP contribution < -0.4 is 4.74 Å². The molecule has 4 nitrogen and oxygen atoms in total. The normalized spacial score (nSPS) is 13.9. The van der Waals surface area contributed by atoms with Crippen molar-refractivity contribution in [3.05, 3.63) is 29.8 Å². The van der Waals surface area contributed by atoms with Crippen molar-refractivity contribution in [3.8, 4) is 11.8 Å². The highest BCUT2D eigenvalue weighted by molar-refractivity contribution is 5.97. The highest BCUT2D eigenvalue weighted by Gasteiger charge is 2.33. The molecular weight excluding hydrogens is 216 g/mol. The standard InChI is InChI=1S/C13H14N2O2/c1-17-12-5-3-2-4-11(12)13(16)15(9-8-14)10-6-7-10/h2-5,10H,6-7,9H2,1H3. The summed E-state index contributed by atoms with van der Waals surface area (Å²) >= 11 is 0. The molecule has 0 N–H and O–H groups in total. The lowest BCUT2D eigenvalue weighted by Gasteiger charge is -2.20. The maximum absolute atomic E-state index is 12.3. The van der Waals surface area contributed by atoms with Crippen LogP contribution >= 0.6 is 0 Å². The predicted octanol–water partition coefficient (Wildman–Crippen LogP) is 1.82. The van der Waals surface area contributed by atoms with Crippen molar-refractivity contribution in [2.45, 2.75) is 18.9 Å². The maximum atomic E-state index is 12.3. The third-order valence-corrected chi connectivity index (χ3v) is 2.83. The number of hydrogen-bond acceptors (Lipinski definition) is 3. The van der Waals surface area contributed by atoms with Crippen LogP contribution in [0.1, 0.15) is 23.2 Å². The molecular formula is C13H14N2O2. The number of carbonyl (C=O) groups excluding carboxylic acids is 1. The Balaban J connectivity index is 2.25. The molecule has 0 atom stereocenters. The van der Waals surface area contributed by atoms with Crippen molar-refractivity contribution in [1.82, 2.24) is 4.90 Å². The van der Waals surface area contributed by atoms with Crippen molar-refractivity contribution in [3.63, 3.8) is 0 Å². The van der Waals surface area contributed by atoms with E-state index in [2.05, 4.69) is 0 Å². The van der Waals surface area contributed by atoms with Gasteiger partial charge in [-0.15, -0.1) is 0 Å². The van der Waals surface area contributed by atoms with Gasteiger partial charge in [0, 0.05) is 6.04 Å². The van der Waals surface area contributed by atoms with Gasteiger partial charge in [-0.25, -0.2) is 0 Å². The van der Waals surface area contributed by atoms with Crippen LogP contribution in [0.3, 0.4) is 0 Å². The van der Waals surface area contributed by atoms with Crippen LogP contribution in [0.5, 0.6) is 5.75 Å². The van der Waals surface area contributed by atoms with Crippen LogP contribution in [0.2, 0.25) is 0 Å². The average molecular weight is 230 g/mol. The summed E-state index contributed by atoms with van der Waals surface area (Å²) in [5, 5.41) is 8.76. The molecule has 0 heterocycles. The Morgan fingerprint density at radius 1 is 1.53 bits per heavy atom. The number of nitrogens with zero attached hydrogens (tertiary/aromatic N) is 2. The molecule has 0 radical (unpaired) electrons. The van der Waals surface area contributed by atoms with Crippen LogP contribution in [0.4, 0.5) is 0 Å². The Labute approximate surface area is 100 Å². The minimum Gasteiger partial charge on any atom is -0.496 e. The molecule has 2 rings (SSSR count). The highest BCUT2D eigenvalue weighted by atomic mass is 16.5. The van der Waals surface area contributed by atoms with Crippen molar-refractivity contribution in [1.29, 1.82) is 5.26 Å². The van der Waals surface area contributed by atoms with Crippen LogP contribution in [-0.2, 0) is 0 Å². The number of carbonyl (C=O) groups is 1. The topological polar surface area (TPSA) is 53.3 Å². The number of ether oxygens (including phenoxy) is 1. The second kappa shape index (κ2) is 4.88. The van der Waals surface area contributed by atoms with Crippen LogP contribution in [-0.4, -0.2) is 30.5 Å². The van der Waals surface area contributed by atoms with E-state index in [9.17, 15) is 4.79 Å². The molecule has 17 heavy (non-hydrogen) atoms. The molecule has 1 aliphatic carbocycles. The fourth-order valence-electron chi connectivity index (χ4n) is 1.81. The molecule has 1 aromatic rings. The molecule has 0 unspecified atom stereocenters. The zero-order valence-corrected chi connectivity index (χ0v) is 9.72. The van der Waals surface area contributed by atoms with Gasteiger partial charge in [0.05, 0.1) is 18.7 Å². The van der Waals surface area contributed by atoms with E-state index in [4.69, 9.17) is 10.00 Å². The van der Waals surface area contributed by atoms with Gasteiger partial charge in [0.1, 0.15) is 12.3 Å². The number of rotatable bonds is 4. The Kier molecular flexibility index (Phi) is 3.29. The smallest absolute Gasteiger partial charge is 0.258 e. The first-order valence-electron chi connectivity index (χ1n) is 5.59. The lowest BCUT2D eigenvalue weighted by atomic mass is 10.1. The molecule has 4 heteroatoms. The van der Waals surface area contributed by atoms with Crippen LogP contribution in [0.25, 0.3) is 0 Å². The zero-order valence-electron chi connectivity index (χ0n) is 9.72. The Morgan fingerprint density at radius 2 is 2.24 bits per heavy atom. The first-order chi connectivity index (χ1) is 8.27. The Morgan fingerprint density at radius 3 is 2.82 bits per heavy atom. The summed E-state index contributed by atoms with van der Waals surface area (Å²) < 4.78 is 5.16. The van der Waals surface area contributed by atoms with Gasteiger partial charge in [0.25, 0.3) is 5.91 Å².